The number of aryl methyl sites for hydroxylation is 1. The van der Waals surface area contributed by atoms with Crippen molar-refractivity contribution in [2.24, 2.45) is 0 Å². The summed E-state index contributed by atoms with van der Waals surface area (Å²) in [5.41, 5.74) is 5.58. The number of hydrogen-bond acceptors (Lipinski definition) is 5. The number of nitrogens with zero attached hydrogens (tertiary/aromatic N) is 2. The van der Waals surface area contributed by atoms with Crippen molar-refractivity contribution in [3.8, 4) is 11.3 Å². The zero-order valence-electron chi connectivity index (χ0n) is 19.7. The average molecular weight is 481 g/mol. The van der Waals surface area contributed by atoms with Crippen LogP contribution in [-0.4, -0.2) is 46.2 Å². The maximum atomic E-state index is 13.3. The molecule has 34 heavy (non-hydrogen) atoms. The molecule has 0 aliphatic carbocycles. The van der Waals surface area contributed by atoms with Gasteiger partial charge in [0.1, 0.15) is 5.82 Å². The van der Waals surface area contributed by atoms with Crippen LogP contribution in [0.5, 0.6) is 0 Å². The van der Waals surface area contributed by atoms with Gasteiger partial charge in [0.25, 0.3) is 0 Å². The summed E-state index contributed by atoms with van der Waals surface area (Å²) in [5.74, 6) is -0.0690. The molecule has 0 spiro atoms. The molecule has 1 amide bonds. The highest BCUT2D eigenvalue weighted by molar-refractivity contribution is 7.89. The number of carbonyl (C=O) groups excluding carboxylic acids is 2. The Morgan fingerprint density at radius 2 is 1.88 bits per heavy atom. The van der Waals surface area contributed by atoms with Crippen LogP contribution in [0, 0.1) is 6.92 Å². The Hall–Kier alpha value is -3.30. The topological polar surface area (TPSA) is 112 Å². The number of ketones is 1. The number of hydrogen-bond donors (Lipinski definition) is 2. The van der Waals surface area contributed by atoms with E-state index in [1.165, 1.54) is 11.2 Å². The molecule has 0 saturated carbocycles. The minimum absolute atomic E-state index is 0.103. The fourth-order valence-corrected chi connectivity index (χ4v) is 5.37. The van der Waals surface area contributed by atoms with E-state index in [-0.39, 0.29) is 24.8 Å². The van der Waals surface area contributed by atoms with Gasteiger partial charge in [0.05, 0.1) is 24.0 Å². The number of sulfonamides is 1. The molecule has 1 aliphatic heterocycles. The molecule has 0 fully saturated rings. The second-order valence-corrected chi connectivity index (χ2v) is 11.4. The van der Waals surface area contributed by atoms with Crippen LogP contribution in [-0.2, 0) is 27.8 Å². The first-order valence-electron chi connectivity index (χ1n) is 11.1. The molecule has 4 rings (SSSR count). The number of nitrogens with one attached hydrogen (secondary N) is 2. The van der Waals surface area contributed by atoms with Gasteiger partial charge in [0, 0.05) is 36.4 Å². The minimum Gasteiger partial charge on any atom is -0.356 e. The van der Waals surface area contributed by atoms with Gasteiger partial charge >= 0.3 is 0 Å². The molecular formula is C25H28N4O4S. The molecule has 3 heterocycles. The van der Waals surface area contributed by atoms with Crippen molar-refractivity contribution in [3.63, 3.8) is 0 Å². The molecule has 8 nitrogen and oxygen atoms in total. The highest BCUT2D eigenvalue weighted by Crippen LogP contribution is 2.35. The zero-order valence-corrected chi connectivity index (χ0v) is 20.5. The van der Waals surface area contributed by atoms with Crippen molar-refractivity contribution in [3.05, 3.63) is 70.5 Å². The molecular weight excluding hydrogens is 452 g/mol. The Kier molecular flexibility index (Phi) is 6.42. The number of H-pyrrole nitrogens is 1. The first kappa shape index (κ1) is 23.8. The lowest BCUT2D eigenvalue weighted by molar-refractivity contribution is -0.114. The van der Waals surface area contributed by atoms with E-state index >= 15 is 0 Å². The molecule has 0 radical (unpaired) electrons. The molecule has 0 bridgehead atoms. The summed E-state index contributed by atoms with van der Waals surface area (Å²) in [6.45, 7) is 6.57. The molecule has 0 atom stereocenters. The average Bonchev–Trinajstić information content (AvgIpc) is 3.14. The van der Waals surface area contributed by atoms with Gasteiger partial charge in [-0.15, -0.1) is 0 Å². The van der Waals surface area contributed by atoms with Crippen LogP contribution in [0.3, 0.4) is 0 Å². The number of anilines is 1. The van der Waals surface area contributed by atoms with Crippen LogP contribution >= 0.6 is 0 Å². The van der Waals surface area contributed by atoms with Gasteiger partial charge in [-0.3, -0.25) is 9.59 Å². The summed E-state index contributed by atoms with van der Waals surface area (Å²) in [6, 6.07) is 11.6. The maximum absolute atomic E-state index is 13.3. The molecule has 2 N–H and O–H groups in total. The fourth-order valence-electron chi connectivity index (χ4n) is 4.17. The third-order valence-electron chi connectivity index (χ3n) is 5.92. The summed E-state index contributed by atoms with van der Waals surface area (Å²) in [5, 5.41) is 2.06. The predicted octanol–water partition coefficient (Wildman–Crippen LogP) is 3.67. The Morgan fingerprint density at radius 3 is 2.53 bits per heavy atom. The van der Waals surface area contributed by atoms with Gasteiger partial charge in [-0.2, -0.15) is 4.31 Å². The minimum atomic E-state index is -3.59. The van der Waals surface area contributed by atoms with Crippen molar-refractivity contribution in [1.29, 1.82) is 0 Å². The van der Waals surface area contributed by atoms with E-state index in [1.54, 1.807) is 32.2 Å². The van der Waals surface area contributed by atoms with E-state index in [1.807, 2.05) is 31.2 Å². The number of rotatable bonds is 6. The van der Waals surface area contributed by atoms with Crippen LogP contribution in [0.2, 0.25) is 0 Å². The first-order valence-corrected chi connectivity index (χ1v) is 12.6. The third kappa shape index (κ3) is 4.67. The molecule has 178 valence electrons. The highest BCUT2D eigenvalue weighted by Gasteiger charge is 2.36. The summed E-state index contributed by atoms with van der Waals surface area (Å²) < 4.78 is 26.8. The van der Waals surface area contributed by atoms with Gasteiger partial charge in [-0.05, 0) is 44.0 Å². The monoisotopic (exact) mass is 480 g/mol. The van der Waals surface area contributed by atoms with Gasteiger partial charge in [-0.1, -0.05) is 29.8 Å². The highest BCUT2D eigenvalue weighted by atomic mass is 32.2. The number of aromatic amines is 1. The van der Waals surface area contributed by atoms with Crippen molar-refractivity contribution in [1.82, 2.24) is 14.3 Å². The van der Waals surface area contributed by atoms with E-state index in [0.29, 0.717) is 23.5 Å². The maximum Gasteiger partial charge on any atom is 0.222 e. The van der Waals surface area contributed by atoms with Crippen LogP contribution in [0.4, 0.5) is 5.82 Å². The van der Waals surface area contributed by atoms with E-state index in [2.05, 4.69) is 15.3 Å². The van der Waals surface area contributed by atoms with Crippen LogP contribution < -0.4 is 5.32 Å². The number of aromatic nitrogens is 2. The van der Waals surface area contributed by atoms with Gasteiger partial charge in [0.2, 0.25) is 15.9 Å². The fraction of sp³-hybridized carbons (Fsp3) is 0.320. The lowest BCUT2D eigenvalue weighted by Gasteiger charge is -2.27. The van der Waals surface area contributed by atoms with Crippen molar-refractivity contribution in [2.45, 2.75) is 45.9 Å². The van der Waals surface area contributed by atoms with E-state index in [0.717, 1.165) is 27.9 Å². The van der Waals surface area contributed by atoms with Crippen molar-refractivity contribution in [2.75, 3.05) is 11.9 Å². The standard InChI is InChI=1S/C25H28N4O4S/c1-15(2)34(32,33)29-13-21-24(22(31)14-29)20(11-18-7-5-16(3)6-8-18)25(28-21)19-9-10-26-23(12-19)27-17(4)30/h5-10,12,15,28H,11,13-14H2,1-4H3,(H,26,27,30). The second-order valence-electron chi connectivity index (χ2n) is 8.89. The zero-order chi connectivity index (χ0) is 24.6. The SMILES string of the molecule is CC(=O)Nc1cc(-c2[nH]c3c(c2Cc2ccc(C)cc2)C(=O)CN(S(=O)(=O)C(C)C)C3)ccn1. The van der Waals surface area contributed by atoms with Gasteiger partial charge in [-0.25, -0.2) is 13.4 Å². The summed E-state index contributed by atoms with van der Waals surface area (Å²) in [7, 11) is -3.59. The molecule has 9 heteroatoms. The van der Waals surface area contributed by atoms with Gasteiger partial charge in [0.15, 0.2) is 5.78 Å². The van der Waals surface area contributed by atoms with Crippen LogP contribution in [0.15, 0.2) is 42.6 Å². The Bertz CT molecular complexity index is 1360. The Balaban J connectivity index is 1.84. The lowest BCUT2D eigenvalue weighted by atomic mass is 9.94. The van der Waals surface area contributed by atoms with Crippen LogP contribution in [0.25, 0.3) is 11.3 Å². The number of benzene rings is 1. The number of Topliss-reactive ketones (excluding diaryl/α,β-unsaturated/α-hetero) is 1. The molecule has 0 saturated heterocycles. The van der Waals surface area contributed by atoms with E-state index < -0.39 is 15.3 Å². The van der Waals surface area contributed by atoms with E-state index in [9.17, 15) is 18.0 Å². The third-order valence-corrected chi connectivity index (χ3v) is 8.09. The summed E-state index contributed by atoms with van der Waals surface area (Å²) >= 11 is 0. The lowest BCUT2D eigenvalue weighted by Crippen LogP contribution is -2.42. The largest absolute Gasteiger partial charge is 0.356 e. The Labute approximate surface area is 199 Å². The molecule has 1 aliphatic rings. The normalized spacial score (nSPS) is 14.3. The molecule has 0 unspecified atom stereocenters. The number of fused-ring (bicyclic) bond motifs is 1. The van der Waals surface area contributed by atoms with Gasteiger partial charge < -0.3 is 10.3 Å². The summed E-state index contributed by atoms with van der Waals surface area (Å²) in [4.78, 5) is 32.3. The predicted molar refractivity (Wildman–Crippen MR) is 131 cm³/mol. The number of amides is 1. The molecule has 2 aromatic heterocycles. The summed E-state index contributed by atoms with van der Waals surface area (Å²) in [6.07, 6.45) is 2.09. The molecule has 1 aromatic carbocycles. The first-order chi connectivity index (χ1) is 16.1. The van der Waals surface area contributed by atoms with Crippen molar-refractivity contribution < 1.29 is 18.0 Å². The van der Waals surface area contributed by atoms with Crippen molar-refractivity contribution >= 4 is 27.5 Å². The Morgan fingerprint density at radius 1 is 1.18 bits per heavy atom. The number of carbonyl (C=O) groups is 2. The van der Waals surface area contributed by atoms with Crippen LogP contribution in [0.1, 0.15) is 53.5 Å². The second kappa shape index (κ2) is 9.15. The smallest absolute Gasteiger partial charge is 0.222 e. The number of pyridine rings is 1. The quantitative estimate of drug-likeness (QED) is 0.559. The van der Waals surface area contributed by atoms with E-state index in [4.69, 9.17) is 0 Å². The molecule has 3 aromatic rings.